The fraction of sp³-hybridized carbons (Fsp3) is 1.00. The Morgan fingerprint density at radius 2 is 1.77 bits per heavy atom. The van der Waals surface area contributed by atoms with E-state index in [4.69, 9.17) is 14.6 Å². The Morgan fingerprint density at radius 3 is 2.23 bits per heavy atom. The highest BCUT2D eigenvalue weighted by Crippen LogP contribution is 2.20. The normalized spacial score (nSPS) is 46.4. The van der Waals surface area contributed by atoms with E-state index in [1.165, 1.54) is 7.11 Å². The van der Waals surface area contributed by atoms with Gasteiger partial charge in [-0.15, -0.1) is 0 Å². The average Bonchev–Trinajstić information content (AvgIpc) is 2.15. The maximum absolute atomic E-state index is 9.28. The van der Waals surface area contributed by atoms with Gasteiger partial charge < -0.3 is 29.9 Å². The van der Waals surface area contributed by atoms with Gasteiger partial charge in [-0.3, -0.25) is 0 Å². The average molecular weight is 194 g/mol. The minimum Gasteiger partial charge on any atom is -0.394 e. The summed E-state index contributed by atoms with van der Waals surface area (Å²) in [6.07, 6.45) is -5.91. The predicted octanol–water partition coefficient (Wildman–Crippen LogP) is -2.57. The van der Waals surface area contributed by atoms with E-state index in [1.807, 2.05) is 0 Å². The van der Waals surface area contributed by atoms with Crippen LogP contribution in [0, 0.1) is 0 Å². The molecule has 1 heterocycles. The van der Waals surface area contributed by atoms with Gasteiger partial charge in [-0.05, 0) is 0 Å². The lowest BCUT2D eigenvalue weighted by Gasteiger charge is -2.38. The zero-order valence-corrected chi connectivity index (χ0v) is 7.20. The van der Waals surface area contributed by atoms with E-state index in [1.54, 1.807) is 0 Å². The largest absolute Gasteiger partial charge is 0.394 e. The van der Waals surface area contributed by atoms with Crippen molar-refractivity contribution < 1.29 is 29.9 Å². The Balaban J connectivity index is 2.66. The number of ether oxygens (including phenoxy) is 2. The fourth-order valence-electron chi connectivity index (χ4n) is 1.26. The number of hydrogen-bond acceptors (Lipinski definition) is 6. The number of rotatable bonds is 2. The first-order chi connectivity index (χ1) is 6.11. The van der Waals surface area contributed by atoms with E-state index >= 15 is 0 Å². The van der Waals surface area contributed by atoms with Gasteiger partial charge in [0.15, 0.2) is 6.29 Å². The Kier molecular flexibility index (Phi) is 3.60. The molecule has 5 atom stereocenters. The van der Waals surface area contributed by atoms with Crippen LogP contribution >= 0.6 is 0 Å². The van der Waals surface area contributed by atoms with Gasteiger partial charge in [0.25, 0.3) is 0 Å². The standard InChI is InChI=1S/C7H14O6/c1-12-7-6(11)5(10)4(9)3(2-8)13-7/h3-11H,2H2,1H3/t3-,4?,5+,6-,7?/m1/s1. The first-order valence-electron chi connectivity index (χ1n) is 3.95. The van der Waals surface area contributed by atoms with Crippen LogP contribution in [0.4, 0.5) is 0 Å². The summed E-state index contributed by atoms with van der Waals surface area (Å²) in [6.45, 7) is -0.440. The Labute approximate surface area is 75.3 Å². The van der Waals surface area contributed by atoms with E-state index in [0.29, 0.717) is 0 Å². The maximum Gasteiger partial charge on any atom is 0.186 e. The fourth-order valence-corrected chi connectivity index (χ4v) is 1.26. The van der Waals surface area contributed by atoms with Crippen LogP contribution in [0.1, 0.15) is 0 Å². The van der Waals surface area contributed by atoms with Crippen molar-refractivity contribution in [2.45, 2.75) is 30.7 Å². The van der Waals surface area contributed by atoms with E-state index < -0.39 is 37.3 Å². The highest BCUT2D eigenvalue weighted by molar-refractivity contribution is 4.88. The molecule has 6 heteroatoms. The summed E-state index contributed by atoms with van der Waals surface area (Å²) in [5.41, 5.74) is 0. The highest BCUT2D eigenvalue weighted by Gasteiger charge is 2.43. The van der Waals surface area contributed by atoms with Crippen molar-refractivity contribution in [3.05, 3.63) is 0 Å². The van der Waals surface area contributed by atoms with Crippen molar-refractivity contribution in [2.24, 2.45) is 0 Å². The highest BCUT2D eigenvalue weighted by atomic mass is 16.7. The van der Waals surface area contributed by atoms with Crippen LogP contribution in [0.25, 0.3) is 0 Å². The first kappa shape index (κ1) is 10.8. The van der Waals surface area contributed by atoms with Crippen LogP contribution in [-0.2, 0) is 9.47 Å². The Morgan fingerprint density at radius 1 is 1.15 bits per heavy atom. The molecule has 1 aliphatic rings. The maximum atomic E-state index is 9.28. The summed E-state index contributed by atoms with van der Waals surface area (Å²) in [7, 11) is 1.30. The van der Waals surface area contributed by atoms with E-state index in [0.717, 1.165) is 0 Å². The van der Waals surface area contributed by atoms with Gasteiger partial charge in [-0.25, -0.2) is 0 Å². The third-order valence-corrected chi connectivity index (χ3v) is 2.08. The topological polar surface area (TPSA) is 99.4 Å². The molecule has 0 saturated carbocycles. The number of aliphatic hydroxyl groups is 4. The third-order valence-electron chi connectivity index (χ3n) is 2.08. The second kappa shape index (κ2) is 4.32. The molecule has 2 unspecified atom stereocenters. The molecule has 0 aromatic heterocycles. The molecular weight excluding hydrogens is 180 g/mol. The van der Waals surface area contributed by atoms with Gasteiger partial charge in [0, 0.05) is 7.11 Å². The summed E-state index contributed by atoms with van der Waals surface area (Å²) in [4.78, 5) is 0. The third kappa shape index (κ3) is 1.98. The van der Waals surface area contributed by atoms with Crippen molar-refractivity contribution in [2.75, 3.05) is 13.7 Å². The first-order valence-corrected chi connectivity index (χ1v) is 3.95. The van der Waals surface area contributed by atoms with Crippen molar-refractivity contribution in [3.8, 4) is 0 Å². The molecule has 4 N–H and O–H groups in total. The minimum atomic E-state index is -1.36. The molecule has 13 heavy (non-hydrogen) atoms. The molecule has 0 aliphatic carbocycles. The van der Waals surface area contributed by atoms with Crippen LogP contribution in [0.3, 0.4) is 0 Å². The molecule has 1 rings (SSSR count). The van der Waals surface area contributed by atoms with Gasteiger partial charge in [0.1, 0.15) is 24.4 Å². The monoisotopic (exact) mass is 194 g/mol. The Hall–Kier alpha value is -0.240. The van der Waals surface area contributed by atoms with Crippen LogP contribution in [0.5, 0.6) is 0 Å². The molecule has 78 valence electrons. The summed E-state index contributed by atoms with van der Waals surface area (Å²) in [5.74, 6) is 0. The van der Waals surface area contributed by atoms with Gasteiger partial charge in [-0.1, -0.05) is 0 Å². The summed E-state index contributed by atoms with van der Waals surface area (Å²) in [5, 5.41) is 36.6. The van der Waals surface area contributed by atoms with Gasteiger partial charge in [0.2, 0.25) is 0 Å². The van der Waals surface area contributed by atoms with Crippen LogP contribution in [0.15, 0.2) is 0 Å². The zero-order valence-electron chi connectivity index (χ0n) is 7.20. The van der Waals surface area contributed by atoms with Crippen molar-refractivity contribution >= 4 is 0 Å². The lowest BCUT2D eigenvalue weighted by atomic mass is 9.99. The number of aliphatic hydroxyl groups excluding tert-OH is 4. The zero-order chi connectivity index (χ0) is 10.0. The van der Waals surface area contributed by atoms with Crippen molar-refractivity contribution in [3.63, 3.8) is 0 Å². The molecule has 0 radical (unpaired) electrons. The lowest BCUT2D eigenvalue weighted by molar-refractivity contribution is -0.294. The molecule has 6 nitrogen and oxygen atoms in total. The Bertz CT molecular complexity index is 143. The predicted molar refractivity (Wildman–Crippen MR) is 40.8 cm³/mol. The minimum absolute atomic E-state index is 0.440. The SMILES string of the molecule is COC1O[C@H](CO)C(O)[C@H](O)[C@H]1O. The summed E-state index contributed by atoms with van der Waals surface area (Å²) < 4.78 is 9.65. The van der Waals surface area contributed by atoms with Gasteiger partial charge >= 0.3 is 0 Å². The quantitative estimate of drug-likeness (QED) is 0.386. The molecule has 0 amide bonds. The molecule has 0 aromatic carbocycles. The number of hydrogen-bond donors (Lipinski definition) is 4. The summed E-state index contributed by atoms with van der Waals surface area (Å²) in [6, 6.07) is 0. The second-order valence-electron chi connectivity index (χ2n) is 2.93. The smallest absolute Gasteiger partial charge is 0.186 e. The molecule has 1 fully saturated rings. The van der Waals surface area contributed by atoms with E-state index in [-0.39, 0.29) is 0 Å². The van der Waals surface area contributed by atoms with Crippen molar-refractivity contribution in [1.82, 2.24) is 0 Å². The van der Waals surface area contributed by atoms with Crippen LogP contribution < -0.4 is 0 Å². The molecular formula is C7H14O6. The van der Waals surface area contributed by atoms with E-state index in [2.05, 4.69) is 0 Å². The van der Waals surface area contributed by atoms with Gasteiger partial charge in [0.05, 0.1) is 6.61 Å². The second-order valence-corrected chi connectivity index (χ2v) is 2.93. The lowest BCUT2D eigenvalue weighted by Crippen LogP contribution is -2.58. The molecule has 0 spiro atoms. The summed E-state index contributed by atoms with van der Waals surface area (Å²) >= 11 is 0. The van der Waals surface area contributed by atoms with Crippen LogP contribution in [-0.4, -0.2) is 64.8 Å². The van der Waals surface area contributed by atoms with Crippen LogP contribution in [0.2, 0.25) is 0 Å². The van der Waals surface area contributed by atoms with Gasteiger partial charge in [-0.2, -0.15) is 0 Å². The number of methoxy groups -OCH3 is 1. The van der Waals surface area contributed by atoms with E-state index in [9.17, 15) is 15.3 Å². The molecule has 0 bridgehead atoms. The molecule has 1 aliphatic heterocycles. The molecule has 1 saturated heterocycles. The molecule has 0 aromatic rings. The van der Waals surface area contributed by atoms with Crippen molar-refractivity contribution in [1.29, 1.82) is 0 Å².